The molecule has 5 heteroatoms. The third kappa shape index (κ3) is 3.03. The summed E-state index contributed by atoms with van der Waals surface area (Å²) in [5, 5.41) is 5.36. The molecule has 0 spiro atoms. The zero-order valence-corrected chi connectivity index (χ0v) is 13.4. The molecule has 1 amide bonds. The highest BCUT2D eigenvalue weighted by molar-refractivity contribution is 7.21. The van der Waals surface area contributed by atoms with E-state index in [-0.39, 0.29) is 5.91 Å². The Hall–Kier alpha value is -2.17. The van der Waals surface area contributed by atoms with Crippen LogP contribution in [0, 0.1) is 6.92 Å². The number of amides is 1. The summed E-state index contributed by atoms with van der Waals surface area (Å²) in [7, 11) is 0. The van der Waals surface area contributed by atoms with Crippen molar-refractivity contribution in [3.8, 4) is 0 Å². The Morgan fingerprint density at radius 3 is 2.82 bits per heavy atom. The maximum absolute atomic E-state index is 12.2. The van der Waals surface area contributed by atoms with E-state index >= 15 is 0 Å². The number of aryl methyl sites for hydroxylation is 1. The highest BCUT2D eigenvalue weighted by Crippen LogP contribution is 2.34. The van der Waals surface area contributed by atoms with Gasteiger partial charge >= 0.3 is 0 Å². The van der Waals surface area contributed by atoms with Crippen LogP contribution in [0.5, 0.6) is 0 Å². The maximum atomic E-state index is 12.2. The quantitative estimate of drug-likeness (QED) is 0.553. The largest absolute Gasteiger partial charge is 0.283 e. The molecule has 0 aliphatic carbocycles. The van der Waals surface area contributed by atoms with Crippen molar-refractivity contribution in [1.82, 2.24) is 5.43 Å². The minimum absolute atomic E-state index is 0.296. The number of hydrogen-bond donors (Lipinski definition) is 1. The van der Waals surface area contributed by atoms with E-state index in [0.29, 0.717) is 9.90 Å². The van der Waals surface area contributed by atoms with Gasteiger partial charge in [0.1, 0.15) is 4.88 Å². The number of rotatable bonds is 3. The number of carbonyl (C=O) groups is 1. The monoisotopic (exact) mass is 328 g/mol. The van der Waals surface area contributed by atoms with Crippen molar-refractivity contribution in [2.45, 2.75) is 6.92 Å². The lowest BCUT2D eigenvalue weighted by atomic mass is 10.2. The van der Waals surface area contributed by atoms with Gasteiger partial charge in [0.2, 0.25) is 0 Å². The average Bonchev–Trinajstić information content (AvgIpc) is 2.85. The first kappa shape index (κ1) is 14.8. The zero-order valence-electron chi connectivity index (χ0n) is 11.8. The molecular weight excluding hydrogens is 316 g/mol. The SMILES string of the molecule is Cc1cccc(/C=N\NC(=O)c2sc3ccccc3c2Cl)c1. The van der Waals surface area contributed by atoms with E-state index in [9.17, 15) is 4.79 Å². The predicted octanol–water partition coefficient (Wildman–Crippen LogP) is 4.63. The average molecular weight is 329 g/mol. The molecule has 0 atom stereocenters. The number of thiophene rings is 1. The Labute approximate surface area is 137 Å². The molecule has 2 aromatic carbocycles. The first-order valence-corrected chi connectivity index (χ1v) is 7.92. The van der Waals surface area contributed by atoms with Crippen LogP contribution < -0.4 is 5.43 Å². The van der Waals surface area contributed by atoms with E-state index in [1.165, 1.54) is 11.3 Å². The van der Waals surface area contributed by atoms with Crippen molar-refractivity contribution in [2.75, 3.05) is 0 Å². The van der Waals surface area contributed by atoms with Crippen LogP contribution in [0.4, 0.5) is 0 Å². The third-order valence-corrected chi connectivity index (χ3v) is 4.84. The summed E-state index contributed by atoms with van der Waals surface area (Å²) in [6.45, 7) is 2.01. The molecule has 1 aromatic heterocycles. The van der Waals surface area contributed by atoms with Gasteiger partial charge in [0.25, 0.3) is 5.91 Å². The van der Waals surface area contributed by atoms with Crippen LogP contribution in [-0.2, 0) is 0 Å². The first-order valence-electron chi connectivity index (χ1n) is 6.72. The number of hydrogen-bond acceptors (Lipinski definition) is 3. The minimum atomic E-state index is -0.296. The van der Waals surface area contributed by atoms with Crippen LogP contribution in [0.15, 0.2) is 53.6 Å². The zero-order chi connectivity index (χ0) is 15.5. The topological polar surface area (TPSA) is 41.5 Å². The summed E-state index contributed by atoms with van der Waals surface area (Å²) in [4.78, 5) is 12.7. The number of carbonyl (C=O) groups excluding carboxylic acids is 1. The van der Waals surface area contributed by atoms with Crippen molar-refractivity contribution in [3.63, 3.8) is 0 Å². The van der Waals surface area contributed by atoms with Crippen LogP contribution in [0.3, 0.4) is 0 Å². The van der Waals surface area contributed by atoms with Gasteiger partial charge in [0.05, 0.1) is 11.2 Å². The second kappa shape index (κ2) is 6.30. The lowest BCUT2D eigenvalue weighted by Gasteiger charge is -1.98. The van der Waals surface area contributed by atoms with Crippen LogP contribution in [0.1, 0.15) is 20.8 Å². The van der Waals surface area contributed by atoms with Crippen molar-refractivity contribution >= 4 is 45.1 Å². The van der Waals surface area contributed by atoms with Crippen LogP contribution in [-0.4, -0.2) is 12.1 Å². The Bertz CT molecular complexity index is 870. The first-order chi connectivity index (χ1) is 10.6. The summed E-state index contributed by atoms with van der Waals surface area (Å²) in [6, 6.07) is 15.5. The number of nitrogens with zero attached hydrogens (tertiary/aromatic N) is 1. The molecule has 0 saturated carbocycles. The summed E-state index contributed by atoms with van der Waals surface area (Å²) in [6.07, 6.45) is 1.62. The minimum Gasteiger partial charge on any atom is -0.266 e. The molecule has 3 nitrogen and oxygen atoms in total. The Morgan fingerprint density at radius 1 is 1.23 bits per heavy atom. The number of nitrogens with one attached hydrogen (secondary N) is 1. The number of benzene rings is 2. The van der Waals surface area contributed by atoms with Gasteiger partial charge in [-0.3, -0.25) is 4.79 Å². The Kier molecular flexibility index (Phi) is 4.22. The number of hydrazone groups is 1. The lowest BCUT2D eigenvalue weighted by molar-refractivity contribution is 0.0959. The highest BCUT2D eigenvalue weighted by Gasteiger charge is 2.16. The molecule has 0 aliphatic heterocycles. The highest BCUT2D eigenvalue weighted by atomic mass is 35.5. The molecule has 0 saturated heterocycles. The normalized spacial score (nSPS) is 11.2. The van der Waals surface area contributed by atoms with Crippen molar-refractivity contribution in [1.29, 1.82) is 0 Å². The molecule has 3 rings (SSSR count). The Balaban J connectivity index is 1.77. The second-order valence-corrected chi connectivity index (χ2v) is 6.28. The predicted molar refractivity (Wildman–Crippen MR) is 93.1 cm³/mol. The van der Waals surface area contributed by atoms with E-state index in [0.717, 1.165) is 21.2 Å². The van der Waals surface area contributed by atoms with E-state index in [1.54, 1.807) is 6.21 Å². The maximum Gasteiger partial charge on any atom is 0.283 e. The summed E-state index contributed by atoms with van der Waals surface area (Å²) in [5.74, 6) is -0.296. The van der Waals surface area contributed by atoms with E-state index in [2.05, 4.69) is 10.5 Å². The van der Waals surface area contributed by atoms with E-state index in [1.807, 2.05) is 55.5 Å². The molecule has 0 radical (unpaired) electrons. The molecular formula is C17H13ClN2OS. The van der Waals surface area contributed by atoms with E-state index in [4.69, 9.17) is 11.6 Å². The van der Waals surface area contributed by atoms with Gasteiger partial charge in [-0.2, -0.15) is 5.10 Å². The fourth-order valence-electron chi connectivity index (χ4n) is 2.13. The second-order valence-electron chi connectivity index (χ2n) is 4.85. The molecule has 0 unspecified atom stereocenters. The lowest BCUT2D eigenvalue weighted by Crippen LogP contribution is -2.16. The standard InChI is InChI=1S/C17H13ClN2OS/c1-11-5-4-6-12(9-11)10-19-20-17(21)16-15(18)13-7-2-3-8-14(13)22-16/h2-10H,1H3,(H,20,21)/b19-10-. The molecule has 3 aromatic rings. The Morgan fingerprint density at radius 2 is 2.05 bits per heavy atom. The molecule has 110 valence electrons. The number of fused-ring (bicyclic) bond motifs is 1. The smallest absolute Gasteiger partial charge is 0.266 e. The van der Waals surface area contributed by atoms with Crippen molar-refractivity contribution < 1.29 is 4.79 Å². The summed E-state index contributed by atoms with van der Waals surface area (Å²) in [5.41, 5.74) is 4.60. The molecule has 0 fully saturated rings. The fraction of sp³-hybridized carbons (Fsp3) is 0.0588. The van der Waals surface area contributed by atoms with Gasteiger partial charge in [-0.25, -0.2) is 5.43 Å². The van der Waals surface area contributed by atoms with Gasteiger partial charge in [0, 0.05) is 10.1 Å². The van der Waals surface area contributed by atoms with Gasteiger partial charge in [-0.15, -0.1) is 11.3 Å². The van der Waals surface area contributed by atoms with Gasteiger partial charge in [-0.1, -0.05) is 59.6 Å². The van der Waals surface area contributed by atoms with Crippen molar-refractivity contribution in [2.24, 2.45) is 5.10 Å². The van der Waals surface area contributed by atoms with Gasteiger partial charge in [-0.05, 0) is 18.6 Å². The van der Waals surface area contributed by atoms with Crippen molar-refractivity contribution in [3.05, 3.63) is 69.6 Å². The van der Waals surface area contributed by atoms with Crippen LogP contribution >= 0.6 is 22.9 Å². The van der Waals surface area contributed by atoms with Crippen LogP contribution in [0.25, 0.3) is 10.1 Å². The molecule has 0 aliphatic rings. The molecule has 0 bridgehead atoms. The van der Waals surface area contributed by atoms with Crippen LogP contribution in [0.2, 0.25) is 5.02 Å². The fourth-order valence-corrected chi connectivity index (χ4v) is 3.53. The summed E-state index contributed by atoms with van der Waals surface area (Å²) >= 11 is 7.63. The van der Waals surface area contributed by atoms with Gasteiger partial charge in [0.15, 0.2) is 0 Å². The third-order valence-electron chi connectivity index (χ3n) is 3.16. The van der Waals surface area contributed by atoms with Gasteiger partial charge < -0.3 is 0 Å². The molecule has 1 N–H and O–H groups in total. The molecule has 22 heavy (non-hydrogen) atoms. The molecule has 1 heterocycles. The summed E-state index contributed by atoms with van der Waals surface area (Å²) < 4.78 is 0.986. The van der Waals surface area contributed by atoms with E-state index < -0.39 is 0 Å². The number of halogens is 1.